The summed E-state index contributed by atoms with van der Waals surface area (Å²) in [5.74, 6) is -0.773. The molecule has 34 heavy (non-hydrogen) atoms. The van der Waals surface area contributed by atoms with Crippen molar-refractivity contribution in [2.45, 2.75) is 32.0 Å². The topological polar surface area (TPSA) is 49.9 Å². The Morgan fingerprint density at radius 3 is 2.56 bits per heavy atom. The Labute approximate surface area is 207 Å². The molecule has 1 aliphatic rings. The van der Waals surface area contributed by atoms with Gasteiger partial charge < -0.3 is 14.5 Å². The largest absolute Gasteiger partial charge is 0.376 e. The Bertz CT molecular complexity index is 1100. The van der Waals surface area contributed by atoms with Crippen molar-refractivity contribution in [2.24, 2.45) is 0 Å². The molecule has 3 aromatic rings. The maximum atomic E-state index is 13.5. The van der Waals surface area contributed by atoms with Gasteiger partial charge in [-0.05, 0) is 60.2 Å². The van der Waals surface area contributed by atoms with Gasteiger partial charge in [0.15, 0.2) is 0 Å². The van der Waals surface area contributed by atoms with Crippen molar-refractivity contribution in [3.8, 4) is 0 Å². The number of nitrogens with zero attached hydrogens (tertiary/aromatic N) is 2. The highest BCUT2D eigenvalue weighted by Gasteiger charge is 2.27. The number of benzene rings is 2. The molecule has 0 spiro atoms. The highest BCUT2D eigenvalue weighted by molar-refractivity contribution is 7.09. The summed E-state index contributed by atoms with van der Waals surface area (Å²) in [7, 11) is 0. The monoisotopic (exact) mass is 500 g/mol. The van der Waals surface area contributed by atoms with E-state index in [-0.39, 0.29) is 30.3 Å². The first kappa shape index (κ1) is 24.4. The third-order valence-electron chi connectivity index (χ3n) is 5.70. The van der Waals surface area contributed by atoms with Gasteiger partial charge in [0.05, 0.1) is 12.6 Å². The first-order chi connectivity index (χ1) is 16.5. The Hall–Kier alpha value is -2.74. The fraction of sp³-hybridized carbons (Fsp3) is 0.308. The molecule has 0 aliphatic carbocycles. The first-order valence-corrected chi connectivity index (χ1v) is 12.4. The van der Waals surface area contributed by atoms with Gasteiger partial charge in [-0.2, -0.15) is 0 Å². The number of carbonyl (C=O) groups excluding carboxylic acids is 2. The van der Waals surface area contributed by atoms with Crippen LogP contribution in [-0.2, 0) is 22.6 Å². The summed E-state index contributed by atoms with van der Waals surface area (Å²) in [5.41, 5.74) is 1.25. The lowest BCUT2D eigenvalue weighted by Crippen LogP contribution is -2.45. The van der Waals surface area contributed by atoms with Crippen LogP contribution in [0.5, 0.6) is 0 Å². The fourth-order valence-corrected chi connectivity index (χ4v) is 4.86. The van der Waals surface area contributed by atoms with Gasteiger partial charge in [0.1, 0.15) is 12.4 Å². The van der Waals surface area contributed by atoms with Crippen LogP contribution in [0.3, 0.4) is 0 Å². The summed E-state index contributed by atoms with van der Waals surface area (Å²) in [5, 5.41) is 2.42. The highest BCUT2D eigenvalue weighted by atomic mass is 35.5. The molecule has 0 saturated carbocycles. The molecule has 178 valence electrons. The van der Waals surface area contributed by atoms with E-state index in [0.717, 1.165) is 23.3 Å². The fourth-order valence-electron chi connectivity index (χ4n) is 3.95. The standard InChI is InChI=1S/C26H26ClFN2O3S/c27-21-5-1-4-20(14-21)26(32)30(16-23-6-2-12-33-23)18-25(31)29(17-24-7-3-13-34-24)15-19-8-10-22(28)11-9-19/h1,3-5,7-11,13-14,23H,2,6,12,15-18H2. The SMILES string of the molecule is O=C(CN(CC1CCCO1)C(=O)c1cccc(Cl)c1)N(Cc1ccc(F)cc1)Cc1cccs1. The molecule has 1 saturated heterocycles. The van der Waals surface area contributed by atoms with Crippen molar-refractivity contribution >= 4 is 34.8 Å². The number of carbonyl (C=O) groups is 2. The molecule has 8 heteroatoms. The van der Waals surface area contributed by atoms with Gasteiger partial charge in [-0.15, -0.1) is 11.3 Å². The van der Waals surface area contributed by atoms with E-state index in [1.165, 1.54) is 12.1 Å². The van der Waals surface area contributed by atoms with Gasteiger partial charge in [-0.1, -0.05) is 35.9 Å². The van der Waals surface area contributed by atoms with Crippen molar-refractivity contribution in [2.75, 3.05) is 19.7 Å². The molecular weight excluding hydrogens is 475 g/mol. The molecule has 5 nitrogen and oxygen atoms in total. The summed E-state index contributed by atoms with van der Waals surface area (Å²) >= 11 is 7.67. The predicted octanol–water partition coefficient (Wildman–Crippen LogP) is 5.39. The molecule has 1 aliphatic heterocycles. The summed E-state index contributed by atoms with van der Waals surface area (Å²) < 4.78 is 19.1. The molecule has 2 amide bonds. The van der Waals surface area contributed by atoms with Crippen LogP contribution in [0.2, 0.25) is 5.02 Å². The Kier molecular flexibility index (Phi) is 8.32. The number of halogens is 2. The minimum Gasteiger partial charge on any atom is -0.376 e. The van der Waals surface area contributed by atoms with E-state index >= 15 is 0 Å². The van der Waals surface area contributed by atoms with Crippen molar-refractivity contribution in [3.63, 3.8) is 0 Å². The number of amides is 2. The van der Waals surface area contributed by atoms with Crippen LogP contribution < -0.4 is 0 Å². The molecule has 0 radical (unpaired) electrons. The van der Waals surface area contributed by atoms with Crippen molar-refractivity contribution < 1.29 is 18.7 Å². The van der Waals surface area contributed by atoms with Gasteiger partial charge in [0.25, 0.3) is 5.91 Å². The van der Waals surface area contributed by atoms with Crippen LogP contribution in [0.15, 0.2) is 66.0 Å². The van der Waals surface area contributed by atoms with E-state index in [1.54, 1.807) is 57.5 Å². The summed E-state index contributed by atoms with van der Waals surface area (Å²) in [6, 6.07) is 16.8. The lowest BCUT2D eigenvalue weighted by molar-refractivity contribution is -0.133. The van der Waals surface area contributed by atoms with Gasteiger partial charge in [0.2, 0.25) is 5.91 Å². The quantitative estimate of drug-likeness (QED) is 0.396. The number of hydrogen-bond donors (Lipinski definition) is 0. The average Bonchev–Trinajstić information content (AvgIpc) is 3.53. The average molecular weight is 501 g/mol. The maximum Gasteiger partial charge on any atom is 0.254 e. The third kappa shape index (κ3) is 6.65. The second kappa shape index (κ2) is 11.6. The maximum absolute atomic E-state index is 13.5. The van der Waals surface area contributed by atoms with E-state index in [4.69, 9.17) is 16.3 Å². The van der Waals surface area contributed by atoms with Crippen molar-refractivity contribution in [1.82, 2.24) is 9.80 Å². The van der Waals surface area contributed by atoms with E-state index in [2.05, 4.69) is 0 Å². The van der Waals surface area contributed by atoms with Crippen LogP contribution in [0.25, 0.3) is 0 Å². The number of thiophene rings is 1. The van der Waals surface area contributed by atoms with Crippen LogP contribution in [-0.4, -0.2) is 47.4 Å². The van der Waals surface area contributed by atoms with E-state index in [0.29, 0.717) is 36.8 Å². The zero-order chi connectivity index (χ0) is 23.9. The molecule has 0 N–H and O–H groups in total. The Morgan fingerprint density at radius 2 is 1.88 bits per heavy atom. The second-order valence-corrected chi connectivity index (χ2v) is 9.76. The lowest BCUT2D eigenvalue weighted by Gasteiger charge is -2.29. The van der Waals surface area contributed by atoms with Crippen LogP contribution in [0.4, 0.5) is 4.39 Å². The van der Waals surface area contributed by atoms with E-state index in [9.17, 15) is 14.0 Å². The minimum absolute atomic E-state index is 0.0855. The number of ether oxygens (including phenoxy) is 1. The first-order valence-electron chi connectivity index (χ1n) is 11.2. The molecule has 2 aromatic carbocycles. The summed E-state index contributed by atoms with van der Waals surface area (Å²) in [6.45, 7) is 1.63. The molecule has 1 atom stereocenters. The van der Waals surface area contributed by atoms with E-state index < -0.39 is 0 Å². The zero-order valence-electron chi connectivity index (χ0n) is 18.7. The zero-order valence-corrected chi connectivity index (χ0v) is 20.2. The molecular formula is C26H26ClFN2O3S. The molecule has 1 unspecified atom stereocenters. The van der Waals surface area contributed by atoms with Crippen LogP contribution >= 0.6 is 22.9 Å². The molecule has 1 fully saturated rings. The smallest absolute Gasteiger partial charge is 0.254 e. The van der Waals surface area contributed by atoms with Gasteiger partial charge in [0, 0.05) is 35.2 Å². The molecule has 1 aromatic heterocycles. The molecule has 4 rings (SSSR count). The predicted molar refractivity (Wildman–Crippen MR) is 131 cm³/mol. The second-order valence-electron chi connectivity index (χ2n) is 8.29. The van der Waals surface area contributed by atoms with Crippen LogP contribution in [0.1, 0.15) is 33.6 Å². The Morgan fingerprint density at radius 1 is 1.06 bits per heavy atom. The Balaban J connectivity index is 1.54. The molecule has 0 bridgehead atoms. The van der Waals surface area contributed by atoms with E-state index in [1.807, 2.05) is 17.5 Å². The number of hydrogen-bond acceptors (Lipinski definition) is 4. The normalized spacial score (nSPS) is 15.3. The highest BCUT2D eigenvalue weighted by Crippen LogP contribution is 2.19. The lowest BCUT2D eigenvalue weighted by atomic mass is 10.1. The number of rotatable bonds is 9. The minimum atomic E-state index is -0.324. The van der Waals surface area contributed by atoms with Crippen LogP contribution in [0, 0.1) is 5.82 Å². The summed E-state index contributed by atoms with van der Waals surface area (Å²) in [4.78, 5) is 31.2. The van der Waals surface area contributed by atoms with Crippen molar-refractivity contribution in [1.29, 1.82) is 0 Å². The summed E-state index contributed by atoms with van der Waals surface area (Å²) in [6.07, 6.45) is 1.69. The van der Waals surface area contributed by atoms with Gasteiger partial charge >= 0.3 is 0 Å². The van der Waals surface area contributed by atoms with Gasteiger partial charge in [-0.3, -0.25) is 9.59 Å². The van der Waals surface area contributed by atoms with Crippen molar-refractivity contribution in [3.05, 3.63) is 92.9 Å². The third-order valence-corrected chi connectivity index (χ3v) is 6.80. The molecule has 2 heterocycles. The van der Waals surface area contributed by atoms with Gasteiger partial charge in [-0.25, -0.2) is 4.39 Å².